The van der Waals surface area contributed by atoms with Crippen LogP contribution in [-0.4, -0.2) is 9.97 Å². The van der Waals surface area contributed by atoms with E-state index in [1.807, 2.05) is 36.4 Å². The lowest BCUT2D eigenvalue weighted by Gasteiger charge is -2.00. The van der Waals surface area contributed by atoms with Crippen LogP contribution in [0, 0.1) is 11.3 Å². The molecule has 0 aliphatic carbocycles. The monoisotopic (exact) mass is 266 g/mol. The predicted molar refractivity (Wildman–Crippen MR) is 75.8 cm³/mol. The largest absolute Gasteiger partial charge is 0.396 e. The zero-order chi connectivity index (χ0) is 13.2. The Kier molecular flexibility index (Phi) is 2.86. The van der Waals surface area contributed by atoms with E-state index in [1.165, 1.54) is 11.8 Å². The lowest BCUT2D eigenvalue weighted by molar-refractivity contribution is 1.10. The van der Waals surface area contributed by atoms with E-state index in [9.17, 15) is 0 Å². The molecule has 0 aliphatic rings. The molecule has 2 heterocycles. The number of nitrogen functional groups attached to an aromatic ring is 1. The fraction of sp³-hybridized carbons (Fsp3) is 0. The van der Waals surface area contributed by atoms with E-state index in [2.05, 4.69) is 16.0 Å². The average molecular weight is 266 g/mol. The third-order valence-corrected chi connectivity index (χ3v) is 3.60. The predicted octanol–water partition coefficient (Wildman–Crippen LogP) is 3.17. The summed E-state index contributed by atoms with van der Waals surface area (Å²) in [6, 6.07) is 15.6. The van der Waals surface area contributed by atoms with Crippen LogP contribution in [0.25, 0.3) is 10.9 Å². The van der Waals surface area contributed by atoms with Crippen LogP contribution in [0.5, 0.6) is 0 Å². The molecule has 0 spiro atoms. The van der Waals surface area contributed by atoms with Crippen LogP contribution in [-0.2, 0) is 0 Å². The standard InChI is InChI=1S/C14H10N4S/c15-8-12-10(16)5-6-13(18-12)19-14-7-9-3-1-2-4-11(9)17-14/h1-7,17H,16H2. The number of aromatic amines is 1. The second kappa shape index (κ2) is 4.67. The van der Waals surface area contributed by atoms with Crippen molar-refractivity contribution in [3.63, 3.8) is 0 Å². The topological polar surface area (TPSA) is 78.5 Å². The molecule has 0 saturated heterocycles. The average Bonchev–Trinajstić information content (AvgIpc) is 2.83. The van der Waals surface area contributed by atoms with Crippen molar-refractivity contribution in [2.75, 3.05) is 5.73 Å². The van der Waals surface area contributed by atoms with Gasteiger partial charge in [0.1, 0.15) is 11.1 Å². The van der Waals surface area contributed by atoms with Crippen LogP contribution in [0.4, 0.5) is 5.69 Å². The quantitative estimate of drug-likeness (QED) is 0.746. The first-order chi connectivity index (χ1) is 9.26. The summed E-state index contributed by atoms with van der Waals surface area (Å²) in [5, 5.41) is 11.8. The van der Waals surface area contributed by atoms with Gasteiger partial charge in [-0.2, -0.15) is 5.26 Å². The number of anilines is 1. The maximum atomic E-state index is 8.91. The Morgan fingerprint density at radius 3 is 2.84 bits per heavy atom. The molecule has 2 aromatic heterocycles. The molecule has 4 nitrogen and oxygen atoms in total. The number of nitriles is 1. The SMILES string of the molecule is N#Cc1nc(Sc2cc3ccccc3[nH]2)ccc1N. The Morgan fingerprint density at radius 1 is 1.21 bits per heavy atom. The lowest BCUT2D eigenvalue weighted by atomic mass is 10.3. The first kappa shape index (κ1) is 11.6. The zero-order valence-corrected chi connectivity index (χ0v) is 10.7. The molecule has 1 aromatic carbocycles. The smallest absolute Gasteiger partial charge is 0.164 e. The van der Waals surface area contributed by atoms with Crippen molar-refractivity contribution in [1.82, 2.24) is 9.97 Å². The van der Waals surface area contributed by atoms with Crippen LogP contribution < -0.4 is 5.73 Å². The highest BCUT2D eigenvalue weighted by Crippen LogP contribution is 2.29. The van der Waals surface area contributed by atoms with Crippen LogP contribution >= 0.6 is 11.8 Å². The normalized spacial score (nSPS) is 10.5. The minimum absolute atomic E-state index is 0.265. The molecule has 0 aliphatic heterocycles. The zero-order valence-electron chi connectivity index (χ0n) is 9.92. The van der Waals surface area contributed by atoms with Crippen LogP contribution in [0.15, 0.2) is 52.5 Å². The van der Waals surface area contributed by atoms with Crippen molar-refractivity contribution >= 4 is 28.4 Å². The van der Waals surface area contributed by atoms with Gasteiger partial charge in [0.25, 0.3) is 0 Å². The van der Waals surface area contributed by atoms with E-state index < -0.39 is 0 Å². The number of fused-ring (bicyclic) bond motifs is 1. The molecule has 0 fully saturated rings. The second-order valence-electron chi connectivity index (χ2n) is 4.02. The number of pyridine rings is 1. The maximum Gasteiger partial charge on any atom is 0.164 e. The Labute approximate surface area is 114 Å². The van der Waals surface area contributed by atoms with Crippen molar-refractivity contribution in [1.29, 1.82) is 5.26 Å². The molecule has 0 unspecified atom stereocenters. The van der Waals surface area contributed by atoms with Crippen molar-refractivity contribution in [3.8, 4) is 6.07 Å². The van der Waals surface area contributed by atoms with Gasteiger partial charge in [-0.25, -0.2) is 4.98 Å². The number of rotatable bonds is 2. The van der Waals surface area contributed by atoms with Crippen molar-refractivity contribution in [2.24, 2.45) is 0 Å². The molecule has 92 valence electrons. The van der Waals surface area contributed by atoms with Crippen LogP contribution in [0.3, 0.4) is 0 Å². The summed E-state index contributed by atoms with van der Waals surface area (Å²) >= 11 is 1.48. The molecular formula is C14H10N4S. The fourth-order valence-electron chi connectivity index (χ4n) is 1.81. The first-order valence-electron chi connectivity index (χ1n) is 5.68. The highest BCUT2D eigenvalue weighted by Gasteiger charge is 2.06. The minimum atomic E-state index is 0.265. The van der Waals surface area contributed by atoms with E-state index in [-0.39, 0.29) is 5.69 Å². The van der Waals surface area contributed by atoms with E-state index in [1.54, 1.807) is 6.07 Å². The number of nitrogens with two attached hydrogens (primary N) is 1. The summed E-state index contributed by atoms with van der Waals surface area (Å²) in [7, 11) is 0. The van der Waals surface area contributed by atoms with Crippen molar-refractivity contribution in [2.45, 2.75) is 10.1 Å². The molecule has 5 heteroatoms. The molecule has 3 N–H and O–H groups in total. The van der Waals surface area contributed by atoms with Gasteiger partial charge < -0.3 is 10.7 Å². The maximum absolute atomic E-state index is 8.91. The van der Waals surface area contributed by atoms with E-state index in [0.717, 1.165) is 21.0 Å². The summed E-state index contributed by atoms with van der Waals surface area (Å²) in [6.07, 6.45) is 0. The highest BCUT2D eigenvalue weighted by molar-refractivity contribution is 7.99. The summed E-state index contributed by atoms with van der Waals surface area (Å²) in [4.78, 5) is 7.52. The van der Waals surface area contributed by atoms with Crippen LogP contribution in [0.1, 0.15) is 5.69 Å². The van der Waals surface area contributed by atoms with Gasteiger partial charge >= 0.3 is 0 Å². The second-order valence-corrected chi connectivity index (χ2v) is 5.08. The molecule has 0 radical (unpaired) electrons. The number of H-pyrrole nitrogens is 1. The van der Waals surface area contributed by atoms with Gasteiger partial charge in [-0.1, -0.05) is 30.0 Å². The first-order valence-corrected chi connectivity index (χ1v) is 6.50. The summed E-state index contributed by atoms with van der Waals surface area (Å²) in [6.45, 7) is 0. The molecule has 19 heavy (non-hydrogen) atoms. The Bertz CT molecular complexity index is 752. The summed E-state index contributed by atoms with van der Waals surface area (Å²) in [5.74, 6) is 0. The Morgan fingerprint density at radius 2 is 2.05 bits per heavy atom. The fourth-order valence-corrected chi connectivity index (χ4v) is 2.66. The number of benzene rings is 1. The number of hydrogen-bond acceptors (Lipinski definition) is 4. The molecule has 0 amide bonds. The van der Waals surface area contributed by atoms with E-state index in [4.69, 9.17) is 11.0 Å². The number of aromatic nitrogens is 2. The Hall–Kier alpha value is -2.45. The van der Waals surface area contributed by atoms with Crippen molar-refractivity contribution < 1.29 is 0 Å². The number of para-hydroxylation sites is 1. The highest BCUT2D eigenvalue weighted by atomic mass is 32.2. The molecule has 0 bridgehead atoms. The number of nitrogens with one attached hydrogen (secondary N) is 1. The van der Waals surface area contributed by atoms with Crippen LogP contribution in [0.2, 0.25) is 0 Å². The van der Waals surface area contributed by atoms with E-state index in [0.29, 0.717) is 5.69 Å². The summed E-state index contributed by atoms with van der Waals surface area (Å²) in [5.41, 5.74) is 7.41. The van der Waals surface area contributed by atoms with Gasteiger partial charge in [0.2, 0.25) is 0 Å². The van der Waals surface area contributed by atoms with Gasteiger partial charge in [-0.3, -0.25) is 0 Å². The third-order valence-electron chi connectivity index (χ3n) is 2.73. The number of hydrogen-bond donors (Lipinski definition) is 2. The van der Waals surface area contributed by atoms with Gasteiger partial charge in [-0.15, -0.1) is 0 Å². The van der Waals surface area contributed by atoms with Gasteiger partial charge in [0, 0.05) is 10.9 Å². The van der Waals surface area contributed by atoms with E-state index >= 15 is 0 Å². The van der Waals surface area contributed by atoms with Gasteiger partial charge in [0.15, 0.2) is 5.69 Å². The van der Waals surface area contributed by atoms with Gasteiger partial charge in [-0.05, 0) is 24.3 Å². The molecule has 0 saturated carbocycles. The molecule has 0 atom stereocenters. The van der Waals surface area contributed by atoms with Crippen molar-refractivity contribution in [3.05, 3.63) is 48.2 Å². The molecular weight excluding hydrogens is 256 g/mol. The third kappa shape index (κ3) is 2.26. The summed E-state index contributed by atoms with van der Waals surface area (Å²) < 4.78 is 0. The lowest BCUT2D eigenvalue weighted by Crippen LogP contribution is -1.94. The van der Waals surface area contributed by atoms with Gasteiger partial charge in [0.05, 0.1) is 10.7 Å². The molecule has 3 aromatic rings. The number of nitrogens with zero attached hydrogens (tertiary/aromatic N) is 2. The Balaban J connectivity index is 1.94. The molecule has 3 rings (SSSR count). The minimum Gasteiger partial charge on any atom is -0.396 e.